The van der Waals surface area contributed by atoms with Crippen LogP contribution >= 0.6 is 15.9 Å². The second kappa shape index (κ2) is 7.09. The molecule has 0 radical (unpaired) electrons. The fourth-order valence-corrected chi connectivity index (χ4v) is 4.45. The van der Waals surface area contributed by atoms with Gasteiger partial charge >= 0.3 is 0 Å². The molecule has 1 aromatic carbocycles. The van der Waals surface area contributed by atoms with Crippen LogP contribution in [-0.4, -0.2) is 33.7 Å². The van der Waals surface area contributed by atoms with Gasteiger partial charge in [-0.1, -0.05) is 15.9 Å². The van der Waals surface area contributed by atoms with E-state index in [2.05, 4.69) is 32.9 Å². The normalized spacial score (nSPS) is 23.0. The minimum Gasteiger partial charge on any atom is -0.492 e. The number of rotatable bonds is 5. The average molecular weight is 377 g/mol. The molecular formula is C14H21BrN2O3S. The van der Waals surface area contributed by atoms with E-state index >= 15 is 0 Å². The number of halogens is 1. The van der Waals surface area contributed by atoms with Crippen LogP contribution in [-0.2, 0) is 10.0 Å². The van der Waals surface area contributed by atoms with Crippen molar-refractivity contribution in [1.29, 1.82) is 0 Å². The van der Waals surface area contributed by atoms with Crippen LogP contribution in [0.25, 0.3) is 0 Å². The second-order valence-corrected chi connectivity index (χ2v) is 7.82. The molecule has 1 fully saturated rings. The number of benzene rings is 1. The van der Waals surface area contributed by atoms with Crippen molar-refractivity contribution < 1.29 is 13.2 Å². The molecule has 0 saturated carbocycles. The minimum atomic E-state index is -3.59. The zero-order valence-electron chi connectivity index (χ0n) is 12.2. The Labute approximate surface area is 134 Å². The van der Waals surface area contributed by atoms with Crippen LogP contribution in [0.4, 0.5) is 0 Å². The summed E-state index contributed by atoms with van der Waals surface area (Å²) in [7, 11) is -3.59. The molecule has 0 amide bonds. The summed E-state index contributed by atoms with van der Waals surface area (Å²) in [5.41, 5.74) is 0. The molecule has 0 bridgehead atoms. The third-order valence-corrected chi connectivity index (χ3v) is 5.48. The van der Waals surface area contributed by atoms with Gasteiger partial charge in [-0.15, -0.1) is 0 Å². The molecule has 2 rings (SSSR count). The molecule has 7 heteroatoms. The topological polar surface area (TPSA) is 67.4 Å². The Hall–Kier alpha value is -0.630. The first-order valence-corrected chi connectivity index (χ1v) is 9.38. The quantitative estimate of drug-likeness (QED) is 0.826. The summed E-state index contributed by atoms with van der Waals surface area (Å²) in [4.78, 5) is 0.185. The third kappa shape index (κ3) is 4.42. The summed E-state index contributed by atoms with van der Waals surface area (Å²) in [5.74, 6) is 0.384. The van der Waals surface area contributed by atoms with Crippen molar-refractivity contribution in [2.24, 2.45) is 0 Å². The number of hydrogen-bond donors (Lipinski definition) is 2. The Morgan fingerprint density at radius 2 is 2.24 bits per heavy atom. The molecule has 1 aliphatic heterocycles. The van der Waals surface area contributed by atoms with Crippen molar-refractivity contribution >= 4 is 26.0 Å². The Morgan fingerprint density at radius 1 is 1.48 bits per heavy atom. The first-order valence-electron chi connectivity index (χ1n) is 7.10. The largest absolute Gasteiger partial charge is 0.492 e. The maximum atomic E-state index is 12.6. The lowest BCUT2D eigenvalue weighted by Crippen LogP contribution is -2.46. The van der Waals surface area contributed by atoms with Crippen molar-refractivity contribution in [1.82, 2.24) is 10.0 Å². The second-order valence-electron chi connectivity index (χ2n) is 5.22. The maximum Gasteiger partial charge on any atom is 0.244 e. The van der Waals surface area contributed by atoms with Gasteiger partial charge in [-0.3, -0.25) is 0 Å². The Morgan fingerprint density at radius 3 is 2.90 bits per heavy atom. The van der Waals surface area contributed by atoms with Crippen LogP contribution < -0.4 is 14.8 Å². The van der Waals surface area contributed by atoms with Crippen LogP contribution in [0, 0.1) is 0 Å². The van der Waals surface area contributed by atoms with Gasteiger partial charge in [-0.05, 0) is 51.4 Å². The van der Waals surface area contributed by atoms with Crippen molar-refractivity contribution in [2.75, 3.05) is 13.2 Å². The summed E-state index contributed by atoms with van der Waals surface area (Å²) >= 11 is 3.32. The Kier molecular flexibility index (Phi) is 5.65. The van der Waals surface area contributed by atoms with Crippen molar-refractivity contribution in [3.63, 3.8) is 0 Å². The summed E-state index contributed by atoms with van der Waals surface area (Å²) in [6.07, 6.45) is 1.58. The minimum absolute atomic E-state index is 0.0419. The molecule has 0 aromatic heterocycles. The molecule has 1 aromatic rings. The van der Waals surface area contributed by atoms with Gasteiger partial charge in [0.1, 0.15) is 10.6 Å². The van der Waals surface area contributed by atoms with Gasteiger partial charge in [-0.25, -0.2) is 13.1 Å². The molecule has 2 N–H and O–H groups in total. The molecule has 5 nitrogen and oxygen atoms in total. The standard InChI is InChI=1S/C14H21BrN2O3S/c1-3-20-13-5-4-11(15)9-14(13)21(18,19)17-12-6-7-16-10(2)8-12/h4-5,9-10,12,16-17H,3,6-8H2,1-2H3. The maximum absolute atomic E-state index is 12.6. The number of nitrogens with one attached hydrogen (secondary N) is 2. The molecule has 1 heterocycles. The highest BCUT2D eigenvalue weighted by atomic mass is 79.9. The Bertz CT molecular complexity index is 592. The van der Waals surface area contributed by atoms with Gasteiger partial charge in [0.2, 0.25) is 10.0 Å². The van der Waals surface area contributed by atoms with Gasteiger partial charge in [-0.2, -0.15) is 0 Å². The van der Waals surface area contributed by atoms with E-state index in [9.17, 15) is 8.42 Å². The van der Waals surface area contributed by atoms with Crippen LogP contribution in [0.15, 0.2) is 27.6 Å². The zero-order chi connectivity index (χ0) is 15.5. The van der Waals surface area contributed by atoms with Crippen LogP contribution in [0.5, 0.6) is 5.75 Å². The predicted molar refractivity (Wildman–Crippen MR) is 86.1 cm³/mol. The lowest BCUT2D eigenvalue weighted by atomic mass is 10.0. The summed E-state index contributed by atoms with van der Waals surface area (Å²) < 4.78 is 34.2. The highest BCUT2D eigenvalue weighted by molar-refractivity contribution is 9.10. The van der Waals surface area contributed by atoms with E-state index in [1.807, 2.05) is 6.92 Å². The highest BCUT2D eigenvalue weighted by Gasteiger charge is 2.26. The monoisotopic (exact) mass is 376 g/mol. The van der Waals surface area contributed by atoms with E-state index in [1.54, 1.807) is 18.2 Å². The molecule has 1 saturated heterocycles. The number of ether oxygens (including phenoxy) is 1. The third-order valence-electron chi connectivity index (χ3n) is 3.44. The van der Waals surface area contributed by atoms with Crippen LogP contribution in [0.1, 0.15) is 26.7 Å². The van der Waals surface area contributed by atoms with Crippen molar-refractivity contribution in [2.45, 2.75) is 43.7 Å². The Balaban J connectivity index is 2.24. The van der Waals surface area contributed by atoms with Gasteiger partial charge in [0.25, 0.3) is 0 Å². The lowest BCUT2D eigenvalue weighted by molar-refractivity contribution is 0.329. The molecule has 1 aliphatic rings. The van der Waals surface area contributed by atoms with Crippen LogP contribution in [0.2, 0.25) is 0 Å². The first-order chi connectivity index (χ1) is 9.92. The summed E-state index contributed by atoms with van der Waals surface area (Å²) in [6, 6.07) is 5.31. The molecule has 2 unspecified atom stereocenters. The lowest BCUT2D eigenvalue weighted by Gasteiger charge is -2.28. The smallest absolute Gasteiger partial charge is 0.244 e. The van der Waals surface area contributed by atoms with Crippen molar-refractivity contribution in [3.05, 3.63) is 22.7 Å². The van der Waals surface area contributed by atoms with Gasteiger partial charge in [0.05, 0.1) is 6.61 Å². The van der Waals surface area contributed by atoms with Gasteiger partial charge in [0, 0.05) is 16.6 Å². The number of piperidine rings is 1. The van der Waals surface area contributed by atoms with E-state index in [1.165, 1.54) is 0 Å². The molecule has 0 aliphatic carbocycles. The molecule has 0 spiro atoms. The van der Waals surface area contributed by atoms with E-state index < -0.39 is 10.0 Å². The van der Waals surface area contributed by atoms with Crippen LogP contribution in [0.3, 0.4) is 0 Å². The molecule has 21 heavy (non-hydrogen) atoms. The molecule has 2 atom stereocenters. The van der Waals surface area contributed by atoms with Crippen molar-refractivity contribution in [3.8, 4) is 5.75 Å². The molecule has 118 valence electrons. The van der Waals surface area contributed by atoms with E-state index in [0.29, 0.717) is 22.9 Å². The predicted octanol–water partition coefficient (Wildman–Crippen LogP) is 2.27. The van der Waals surface area contributed by atoms with Gasteiger partial charge < -0.3 is 10.1 Å². The summed E-state index contributed by atoms with van der Waals surface area (Å²) in [5, 5.41) is 3.31. The fourth-order valence-electron chi connectivity index (χ4n) is 2.49. The molecular weight excluding hydrogens is 356 g/mol. The van der Waals surface area contributed by atoms with E-state index in [4.69, 9.17) is 4.74 Å². The zero-order valence-corrected chi connectivity index (χ0v) is 14.6. The van der Waals surface area contributed by atoms with E-state index in [-0.39, 0.29) is 10.9 Å². The number of hydrogen-bond acceptors (Lipinski definition) is 4. The highest BCUT2D eigenvalue weighted by Crippen LogP contribution is 2.28. The fraction of sp³-hybridized carbons (Fsp3) is 0.571. The average Bonchev–Trinajstić information content (AvgIpc) is 2.40. The summed E-state index contributed by atoms with van der Waals surface area (Å²) in [6.45, 7) is 5.14. The SMILES string of the molecule is CCOc1ccc(Br)cc1S(=O)(=O)NC1CCNC(C)C1. The number of sulfonamides is 1. The first kappa shape index (κ1) is 16.7. The van der Waals surface area contributed by atoms with E-state index in [0.717, 1.165) is 19.4 Å². The van der Waals surface area contributed by atoms with Gasteiger partial charge in [0.15, 0.2) is 0 Å².